The Bertz CT molecular complexity index is 1180. The van der Waals surface area contributed by atoms with Crippen LogP contribution < -0.4 is 15.4 Å². The zero-order valence-electron chi connectivity index (χ0n) is 15.3. The molecule has 0 aliphatic carbocycles. The maximum absolute atomic E-state index is 5.41. The summed E-state index contributed by atoms with van der Waals surface area (Å²) in [6, 6.07) is 15.3. The number of hydrogen-bond donors (Lipinski definition) is 2. The third-order valence-electron chi connectivity index (χ3n) is 4.15. The Morgan fingerprint density at radius 3 is 2.93 bits per heavy atom. The number of nitrogens with zero attached hydrogens (tertiary/aromatic N) is 3. The normalized spacial score (nSPS) is 10.7. The van der Waals surface area contributed by atoms with E-state index in [-0.39, 0.29) is 0 Å². The topological polar surface area (TPSA) is 85.1 Å². The van der Waals surface area contributed by atoms with Gasteiger partial charge < -0.3 is 19.9 Å². The number of nitrogens with one attached hydrogen (secondary N) is 2. The Labute approximate surface area is 180 Å². The molecular weight excluding hydrogens is 454 g/mol. The van der Waals surface area contributed by atoms with Gasteiger partial charge in [-0.2, -0.15) is 4.98 Å². The van der Waals surface area contributed by atoms with Gasteiger partial charge in [-0.25, -0.2) is 0 Å². The number of halogens is 1. The lowest BCUT2D eigenvalue weighted by molar-refractivity contribution is 0.376. The van der Waals surface area contributed by atoms with Crippen LogP contribution in [0.5, 0.6) is 5.75 Å². The van der Waals surface area contributed by atoms with Crippen LogP contribution in [-0.2, 0) is 6.54 Å². The Balaban J connectivity index is 1.43. The van der Waals surface area contributed by atoms with E-state index in [4.69, 9.17) is 21.5 Å². The number of benzene rings is 2. The summed E-state index contributed by atoms with van der Waals surface area (Å²) < 4.78 is 11.6. The molecule has 0 atom stereocenters. The van der Waals surface area contributed by atoms with Gasteiger partial charge >= 0.3 is 0 Å². The van der Waals surface area contributed by atoms with Gasteiger partial charge in [0, 0.05) is 27.3 Å². The van der Waals surface area contributed by atoms with Crippen LogP contribution in [0.4, 0.5) is 5.69 Å². The molecule has 0 saturated heterocycles. The molecule has 9 heteroatoms. The Morgan fingerprint density at radius 1 is 1.21 bits per heavy atom. The minimum Gasteiger partial charge on any atom is -0.494 e. The average molecular weight is 470 g/mol. The molecule has 29 heavy (non-hydrogen) atoms. The molecule has 0 spiro atoms. The van der Waals surface area contributed by atoms with Crippen LogP contribution in [0.1, 0.15) is 5.89 Å². The predicted molar refractivity (Wildman–Crippen MR) is 119 cm³/mol. The van der Waals surface area contributed by atoms with Gasteiger partial charge in [0.05, 0.1) is 13.7 Å². The third kappa shape index (κ3) is 4.36. The fourth-order valence-electron chi connectivity index (χ4n) is 2.81. The molecule has 146 valence electrons. The highest BCUT2D eigenvalue weighted by molar-refractivity contribution is 9.10. The first-order valence-corrected chi connectivity index (χ1v) is 9.89. The quantitative estimate of drug-likeness (QED) is 0.412. The fraction of sp³-hybridized carbons (Fsp3) is 0.100. The van der Waals surface area contributed by atoms with Crippen LogP contribution in [0, 0.1) is 0 Å². The smallest absolute Gasteiger partial charge is 0.246 e. The Kier molecular flexibility index (Phi) is 5.68. The van der Waals surface area contributed by atoms with Crippen molar-refractivity contribution in [3.05, 3.63) is 65.1 Å². The van der Waals surface area contributed by atoms with Crippen LogP contribution >= 0.6 is 28.1 Å². The number of methoxy groups -OCH3 is 1. The molecule has 0 radical (unpaired) electrons. The van der Waals surface area contributed by atoms with Crippen LogP contribution in [0.3, 0.4) is 0 Å². The van der Waals surface area contributed by atoms with Crippen molar-refractivity contribution in [1.82, 2.24) is 20.4 Å². The first-order valence-electron chi connectivity index (χ1n) is 8.69. The van der Waals surface area contributed by atoms with Crippen molar-refractivity contribution in [2.45, 2.75) is 6.54 Å². The second-order valence-corrected chi connectivity index (χ2v) is 7.37. The standard InChI is InChI=1S/C20H16BrN5O2S/c1-27-16-8-7-15(14-6-3-9-22-18(14)16)24-20(29)23-11-17-25-19(26-28-17)12-4-2-5-13(21)10-12/h2-10H,11H2,1H3,(H2,23,24,29). The largest absolute Gasteiger partial charge is 0.494 e. The maximum atomic E-state index is 5.41. The van der Waals surface area contributed by atoms with E-state index in [1.807, 2.05) is 48.5 Å². The summed E-state index contributed by atoms with van der Waals surface area (Å²) in [5, 5.41) is 11.6. The highest BCUT2D eigenvalue weighted by Crippen LogP contribution is 2.29. The van der Waals surface area contributed by atoms with Gasteiger partial charge in [0.1, 0.15) is 11.3 Å². The molecule has 2 aromatic heterocycles. The van der Waals surface area contributed by atoms with Crippen molar-refractivity contribution >= 4 is 49.9 Å². The van der Waals surface area contributed by atoms with E-state index in [9.17, 15) is 0 Å². The summed E-state index contributed by atoms with van der Waals surface area (Å²) in [6.45, 7) is 0.305. The van der Waals surface area contributed by atoms with E-state index in [0.29, 0.717) is 29.1 Å². The molecule has 2 heterocycles. The van der Waals surface area contributed by atoms with Crippen LogP contribution in [0.2, 0.25) is 0 Å². The highest BCUT2D eigenvalue weighted by atomic mass is 79.9. The van der Waals surface area contributed by atoms with Crippen molar-refractivity contribution < 1.29 is 9.26 Å². The Hall–Kier alpha value is -3.04. The van der Waals surface area contributed by atoms with Gasteiger partial charge in [-0.05, 0) is 48.6 Å². The zero-order chi connectivity index (χ0) is 20.2. The van der Waals surface area contributed by atoms with E-state index in [2.05, 4.69) is 41.7 Å². The molecule has 0 fully saturated rings. The lowest BCUT2D eigenvalue weighted by atomic mass is 10.1. The molecule has 0 bridgehead atoms. The Morgan fingerprint density at radius 2 is 2.10 bits per heavy atom. The lowest BCUT2D eigenvalue weighted by Gasteiger charge is -2.13. The second kappa shape index (κ2) is 8.54. The number of ether oxygens (including phenoxy) is 1. The van der Waals surface area contributed by atoms with Gasteiger partial charge in [-0.1, -0.05) is 33.2 Å². The van der Waals surface area contributed by atoms with Gasteiger partial charge in [0.15, 0.2) is 5.11 Å². The minimum atomic E-state index is 0.305. The van der Waals surface area contributed by atoms with E-state index in [0.717, 1.165) is 26.6 Å². The molecule has 0 amide bonds. The molecule has 7 nitrogen and oxygen atoms in total. The molecule has 0 unspecified atom stereocenters. The molecule has 0 aliphatic rings. The van der Waals surface area contributed by atoms with Crippen LogP contribution in [0.25, 0.3) is 22.3 Å². The number of thiocarbonyl (C=S) groups is 1. The molecule has 2 aromatic carbocycles. The van der Waals surface area contributed by atoms with Gasteiger partial charge in [-0.15, -0.1) is 0 Å². The summed E-state index contributed by atoms with van der Waals surface area (Å²) in [5.74, 6) is 1.66. The average Bonchev–Trinajstić information content (AvgIpc) is 3.22. The molecule has 0 saturated carbocycles. The second-order valence-electron chi connectivity index (χ2n) is 6.04. The van der Waals surface area contributed by atoms with E-state index in [1.54, 1.807) is 13.3 Å². The van der Waals surface area contributed by atoms with Gasteiger partial charge in [0.25, 0.3) is 0 Å². The maximum Gasteiger partial charge on any atom is 0.246 e. The van der Waals surface area contributed by atoms with E-state index in [1.165, 1.54) is 0 Å². The molecule has 2 N–H and O–H groups in total. The third-order valence-corrected chi connectivity index (χ3v) is 4.89. The van der Waals surface area contributed by atoms with Crippen molar-refractivity contribution in [3.8, 4) is 17.1 Å². The first kappa shape index (κ1) is 19.3. The number of rotatable bonds is 5. The number of pyridine rings is 1. The minimum absolute atomic E-state index is 0.305. The monoisotopic (exact) mass is 469 g/mol. The number of anilines is 1. The van der Waals surface area contributed by atoms with Gasteiger partial charge in [-0.3, -0.25) is 4.98 Å². The first-order chi connectivity index (χ1) is 14.1. The fourth-order valence-corrected chi connectivity index (χ4v) is 3.40. The summed E-state index contributed by atoms with van der Waals surface area (Å²) in [4.78, 5) is 8.78. The van der Waals surface area contributed by atoms with Gasteiger partial charge in [0.2, 0.25) is 11.7 Å². The zero-order valence-corrected chi connectivity index (χ0v) is 17.8. The van der Waals surface area contributed by atoms with Crippen LogP contribution in [-0.4, -0.2) is 27.3 Å². The van der Waals surface area contributed by atoms with Crippen molar-refractivity contribution in [2.24, 2.45) is 0 Å². The lowest BCUT2D eigenvalue weighted by Crippen LogP contribution is -2.28. The van der Waals surface area contributed by atoms with Crippen molar-refractivity contribution in [1.29, 1.82) is 0 Å². The summed E-state index contributed by atoms with van der Waals surface area (Å²) in [6.07, 6.45) is 1.73. The summed E-state index contributed by atoms with van der Waals surface area (Å²) in [7, 11) is 1.62. The summed E-state index contributed by atoms with van der Waals surface area (Å²) >= 11 is 8.84. The SMILES string of the molecule is COc1ccc(NC(=S)NCc2nc(-c3cccc(Br)c3)no2)c2cccnc12. The molecule has 0 aliphatic heterocycles. The highest BCUT2D eigenvalue weighted by Gasteiger charge is 2.11. The number of fused-ring (bicyclic) bond motifs is 1. The molecular formula is C20H16BrN5O2S. The van der Waals surface area contributed by atoms with E-state index >= 15 is 0 Å². The van der Waals surface area contributed by atoms with Crippen molar-refractivity contribution in [2.75, 3.05) is 12.4 Å². The molecule has 4 aromatic rings. The van der Waals surface area contributed by atoms with Crippen LogP contribution in [0.15, 0.2) is 63.7 Å². The number of hydrogen-bond acceptors (Lipinski definition) is 6. The van der Waals surface area contributed by atoms with E-state index < -0.39 is 0 Å². The molecule has 4 rings (SSSR count). The summed E-state index contributed by atoms with van der Waals surface area (Å²) in [5.41, 5.74) is 2.46. The number of aromatic nitrogens is 3. The predicted octanol–water partition coefficient (Wildman–Crippen LogP) is 4.54. The van der Waals surface area contributed by atoms with Crippen molar-refractivity contribution in [3.63, 3.8) is 0 Å².